The van der Waals surface area contributed by atoms with Gasteiger partial charge in [0.25, 0.3) is 0 Å². The molecule has 3 unspecified atom stereocenters. The van der Waals surface area contributed by atoms with Crippen molar-refractivity contribution < 1.29 is 15.3 Å². The van der Waals surface area contributed by atoms with E-state index < -0.39 is 0 Å². The number of hydrogen-bond acceptors (Lipinski definition) is 3. The summed E-state index contributed by atoms with van der Waals surface area (Å²) in [6.45, 7) is 3.84. The summed E-state index contributed by atoms with van der Waals surface area (Å²) in [5, 5.41) is 28.4. The summed E-state index contributed by atoms with van der Waals surface area (Å²) >= 11 is 0. The molecular weight excluding hydrogens is 252 g/mol. The first-order valence-electron chi connectivity index (χ1n) is 8.60. The van der Waals surface area contributed by atoms with Crippen LogP contribution in [0.3, 0.4) is 0 Å². The van der Waals surface area contributed by atoms with Crippen molar-refractivity contribution in [2.75, 3.05) is 0 Å². The van der Waals surface area contributed by atoms with Crippen LogP contribution in [0, 0.1) is 0 Å². The van der Waals surface area contributed by atoms with Crippen LogP contribution in [0.15, 0.2) is 0 Å². The van der Waals surface area contributed by atoms with Crippen molar-refractivity contribution in [3.05, 3.63) is 0 Å². The first-order chi connectivity index (χ1) is 9.56. The molecule has 3 heteroatoms. The third-order valence-corrected chi connectivity index (χ3v) is 3.96. The fourth-order valence-electron chi connectivity index (χ4n) is 2.46. The molecule has 122 valence electrons. The standard InChI is InChI=1S/C17H36O3/c1-3-16(19)13-10-14-17(20)12-9-7-5-4-6-8-11-15(2)18/h15-20H,3-14H2,1-2H3. The van der Waals surface area contributed by atoms with Gasteiger partial charge in [0.2, 0.25) is 0 Å². The van der Waals surface area contributed by atoms with E-state index in [1.807, 2.05) is 13.8 Å². The summed E-state index contributed by atoms with van der Waals surface area (Å²) in [5.41, 5.74) is 0. The van der Waals surface area contributed by atoms with Crippen LogP contribution >= 0.6 is 0 Å². The second kappa shape index (κ2) is 13.8. The molecule has 3 N–H and O–H groups in total. The molecule has 0 aromatic carbocycles. The molecule has 20 heavy (non-hydrogen) atoms. The quantitative estimate of drug-likeness (QED) is 0.426. The minimum Gasteiger partial charge on any atom is -0.393 e. The Morgan fingerprint density at radius 2 is 1.05 bits per heavy atom. The lowest BCUT2D eigenvalue weighted by Gasteiger charge is -2.12. The highest BCUT2D eigenvalue weighted by atomic mass is 16.3. The van der Waals surface area contributed by atoms with Crippen LogP contribution in [0.4, 0.5) is 0 Å². The molecule has 0 rings (SSSR count). The molecule has 0 spiro atoms. The van der Waals surface area contributed by atoms with Gasteiger partial charge in [0.15, 0.2) is 0 Å². The molecule has 0 aliphatic carbocycles. The fraction of sp³-hybridized carbons (Fsp3) is 1.00. The first-order valence-corrected chi connectivity index (χ1v) is 8.60. The lowest BCUT2D eigenvalue weighted by Crippen LogP contribution is -2.09. The Bertz CT molecular complexity index is 195. The summed E-state index contributed by atoms with van der Waals surface area (Å²) in [7, 11) is 0. The van der Waals surface area contributed by atoms with Crippen LogP contribution in [0.25, 0.3) is 0 Å². The molecule has 0 amide bonds. The van der Waals surface area contributed by atoms with Crippen molar-refractivity contribution in [1.82, 2.24) is 0 Å². The van der Waals surface area contributed by atoms with Gasteiger partial charge in [-0.25, -0.2) is 0 Å². The minimum atomic E-state index is -0.191. The molecule has 0 fully saturated rings. The maximum atomic E-state index is 9.83. The number of hydrogen-bond donors (Lipinski definition) is 3. The second-order valence-electron chi connectivity index (χ2n) is 6.19. The highest BCUT2D eigenvalue weighted by molar-refractivity contribution is 4.60. The Balaban J connectivity index is 3.21. The average molecular weight is 288 g/mol. The second-order valence-corrected chi connectivity index (χ2v) is 6.19. The Kier molecular flexibility index (Phi) is 13.8. The monoisotopic (exact) mass is 288 g/mol. The van der Waals surface area contributed by atoms with Gasteiger partial charge in [-0.2, -0.15) is 0 Å². The fourth-order valence-corrected chi connectivity index (χ4v) is 2.46. The van der Waals surface area contributed by atoms with Gasteiger partial charge in [-0.1, -0.05) is 45.4 Å². The lowest BCUT2D eigenvalue weighted by molar-refractivity contribution is 0.125. The molecule has 0 aromatic rings. The Hall–Kier alpha value is -0.120. The van der Waals surface area contributed by atoms with Crippen LogP contribution < -0.4 is 0 Å². The molecule has 3 atom stereocenters. The Labute approximate surface area is 125 Å². The summed E-state index contributed by atoms with van der Waals surface area (Å²) < 4.78 is 0. The summed E-state index contributed by atoms with van der Waals surface area (Å²) in [6, 6.07) is 0. The zero-order valence-corrected chi connectivity index (χ0v) is 13.6. The normalized spacial score (nSPS) is 16.1. The molecule has 0 bridgehead atoms. The molecule has 0 aromatic heterocycles. The van der Waals surface area contributed by atoms with Gasteiger partial charge >= 0.3 is 0 Å². The number of rotatable bonds is 14. The van der Waals surface area contributed by atoms with Crippen molar-refractivity contribution in [3.8, 4) is 0 Å². The lowest BCUT2D eigenvalue weighted by atomic mass is 10.0. The van der Waals surface area contributed by atoms with Crippen LogP contribution in [0.2, 0.25) is 0 Å². The van der Waals surface area contributed by atoms with Crippen molar-refractivity contribution in [1.29, 1.82) is 0 Å². The molecule has 0 aliphatic rings. The van der Waals surface area contributed by atoms with Crippen LogP contribution in [-0.4, -0.2) is 33.6 Å². The van der Waals surface area contributed by atoms with E-state index in [1.54, 1.807) is 0 Å². The van der Waals surface area contributed by atoms with E-state index in [9.17, 15) is 10.2 Å². The molecular formula is C17H36O3. The van der Waals surface area contributed by atoms with Crippen molar-refractivity contribution in [3.63, 3.8) is 0 Å². The van der Waals surface area contributed by atoms with Gasteiger partial charge in [-0.3, -0.25) is 0 Å². The van der Waals surface area contributed by atoms with Gasteiger partial charge < -0.3 is 15.3 Å². The van der Waals surface area contributed by atoms with Crippen LogP contribution in [-0.2, 0) is 0 Å². The van der Waals surface area contributed by atoms with Gasteiger partial charge in [-0.15, -0.1) is 0 Å². The SMILES string of the molecule is CCC(O)CCCC(O)CCCCCCCCC(C)O. The highest BCUT2D eigenvalue weighted by Crippen LogP contribution is 2.14. The van der Waals surface area contributed by atoms with Crippen LogP contribution in [0.1, 0.15) is 90.9 Å². The predicted molar refractivity (Wildman–Crippen MR) is 84.8 cm³/mol. The minimum absolute atomic E-state index is 0.156. The number of aliphatic hydroxyl groups excluding tert-OH is 3. The zero-order valence-electron chi connectivity index (χ0n) is 13.6. The van der Waals surface area contributed by atoms with E-state index in [0.29, 0.717) is 0 Å². The van der Waals surface area contributed by atoms with Crippen molar-refractivity contribution in [2.45, 2.75) is 109 Å². The third kappa shape index (κ3) is 14.3. The largest absolute Gasteiger partial charge is 0.393 e. The van der Waals surface area contributed by atoms with Gasteiger partial charge in [0, 0.05) is 0 Å². The van der Waals surface area contributed by atoms with E-state index in [-0.39, 0.29) is 18.3 Å². The zero-order chi connectivity index (χ0) is 15.2. The molecule has 3 nitrogen and oxygen atoms in total. The molecule has 0 heterocycles. The summed E-state index contributed by atoms with van der Waals surface area (Å²) in [5.74, 6) is 0. The van der Waals surface area contributed by atoms with Gasteiger partial charge in [0.1, 0.15) is 0 Å². The van der Waals surface area contributed by atoms with E-state index in [0.717, 1.165) is 51.4 Å². The highest BCUT2D eigenvalue weighted by Gasteiger charge is 2.06. The molecule has 0 saturated heterocycles. The van der Waals surface area contributed by atoms with Gasteiger partial charge in [0.05, 0.1) is 18.3 Å². The Morgan fingerprint density at radius 3 is 1.60 bits per heavy atom. The molecule has 0 radical (unpaired) electrons. The van der Waals surface area contributed by atoms with E-state index in [1.165, 1.54) is 25.7 Å². The van der Waals surface area contributed by atoms with E-state index in [4.69, 9.17) is 5.11 Å². The van der Waals surface area contributed by atoms with Crippen molar-refractivity contribution >= 4 is 0 Å². The number of aliphatic hydroxyl groups is 3. The maximum absolute atomic E-state index is 9.83. The molecule has 0 saturated carbocycles. The van der Waals surface area contributed by atoms with Gasteiger partial charge in [-0.05, 0) is 45.4 Å². The maximum Gasteiger partial charge on any atom is 0.0540 e. The smallest absolute Gasteiger partial charge is 0.0540 e. The van der Waals surface area contributed by atoms with E-state index >= 15 is 0 Å². The molecule has 0 aliphatic heterocycles. The van der Waals surface area contributed by atoms with Crippen molar-refractivity contribution in [2.24, 2.45) is 0 Å². The topological polar surface area (TPSA) is 60.7 Å². The average Bonchev–Trinajstić information content (AvgIpc) is 2.41. The van der Waals surface area contributed by atoms with E-state index in [2.05, 4.69) is 0 Å². The first kappa shape index (κ1) is 19.9. The third-order valence-electron chi connectivity index (χ3n) is 3.96. The van der Waals surface area contributed by atoms with Crippen LogP contribution in [0.5, 0.6) is 0 Å². The summed E-state index contributed by atoms with van der Waals surface area (Å²) in [4.78, 5) is 0. The predicted octanol–water partition coefficient (Wildman–Crippen LogP) is 3.79. The Morgan fingerprint density at radius 1 is 0.600 bits per heavy atom. The summed E-state index contributed by atoms with van der Waals surface area (Å²) in [6.07, 6.45) is 11.8. The number of unbranched alkanes of at least 4 members (excludes halogenated alkanes) is 5.